The highest BCUT2D eigenvalue weighted by atomic mass is 16.1. The maximum atomic E-state index is 12.6. The molecule has 0 aromatic heterocycles. The number of aryl methyl sites for hydroxylation is 1. The average Bonchev–Trinajstić information content (AvgIpc) is 2.95. The van der Waals surface area contributed by atoms with Gasteiger partial charge in [-0.25, -0.2) is 0 Å². The predicted octanol–water partition coefficient (Wildman–Crippen LogP) is 2.76. The fourth-order valence-corrected chi connectivity index (χ4v) is 4.42. The lowest BCUT2D eigenvalue weighted by molar-refractivity contribution is -0.126. The Balaban J connectivity index is 2.00. The molecule has 1 spiro atoms. The van der Waals surface area contributed by atoms with E-state index in [-0.39, 0.29) is 5.41 Å². The van der Waals surface area contributed by atoms with Crippen LogP contribution in [0.1, 0.15) is 36.8 Å². The van der Waals surface area contributed by atoms with E-state index in [0.717, 1.165) is 31.4 Å². The van der Waals surface area contributed by atoms with Crippen LogP contribution in [0, 0.1) is 5.92 Å². The van der Waals surface area contributed by atoms with Gasteiger partial charge in [0.25, 0.3) is 0 Å². The molecule has 2 unspecified atom stereocenters. The number of carbonyl (C=O) groups excluding carboxylic acids is 1. The van der Waals surface area contributed by atoms with Crippen LogP contribution in [0.2, 0.25) is 0 Å². The van der Waals surface area contributed by atoms with E-state index in [1.54, 1.807) is 0 Å². The van der Waals surface area contributed by atoms with Gasteiger partial charge in [0, 0.05) is 12.1 Å². The smallest absolute Gasteiger partial charge is 0.144 e. The summed E-state index contributed by atoms with van der Waals surface area (Å²) in [4.78, 5) is 12.6. The summed E-state index contributed by atoms with van der Waals surface area (Å²) >= 11 is 0. The number of nitrogen functional groups attached to an aromatic ring is 1. The van der Waals surface area contributed by atoms with Gasteiger partial charge in [-0.05, 0) is 48.8 Å². The molecule has 2 N–H and O–H groups in total. The first-order valence-corrected chi connectivity index (χ1v) is 6.81. The topological polar surface area (TPSA) is 43.1 Å². The number of carbonyl (C=O) groups is 1. The van der Waals surface area contributed by atoms with Crippen molar-refractivity contribution >= 4 is 11.5 Å². The van der Waals surface area contributed by atoms with Crippen LogP contribution in [-0.4, -0.2) is 5.78 Å². The van der Waals surface area contributed by atoms with Crippen LogP contribution in [0.5, 0.6) is 0 Å². The number of nitrogens with two attached hydrogens (primary N) is 1. The van der Waals surface area contributed by atoms with E-state index in [9.17, 15) is 4.79 Å². The van der Waals surface area contributed by atoms with Crippen molar-refractivity contribution in [2.75, 3.05) is 5.73 Å². The van der Waals surface area contributed by atoms with E-state index in [2.05, 4.69) is 12.1 Å². The number of hydrogen-bond acceptors (Lipinski definition) is 2. The number of benzene rings is 1. The van der Waals surface area contributed by atoms with Gasteiger partial charge in [-0.15, -0.1) is 0 Å². The summed E-state index contributed by atoms with van der Waals surface area (Å²) in [5.41, 5.74) is 10.7. The summed E-state index contributed by atoms with van der Waals surface area (Å²) in [5, 5.41) is 0. The number of ketones is 1. The van der Waals surface area contributed by atoms with Crippen molar-refractivity contribution in [2.45, 2.75) is 37.5 Å². The first-order chi connectivity index (χ1) is 8.72. The summed E-state index contributed by atoms with van der Waals surface area (Å²) in [6.07, 6.45) is 7.00. The summed E-state index contributed by atoms with van der Waals surface area (Å²) in [6.45, 7) is 0. The van der Waals surface area contributed by atoms with Crippen LogP contribution in [-0.2, 0) is 16.6 Å². The first kappa shape index (κ1) is 10.4. The zero-order valence-corrected chi connectivity index (χ0v) is 10.4. The van der Waals surface area contributed by atoms with Gasteiger partial charge in [-0.3, -0.25) is 4.79 Å². The monoisotopic (exact) mass is 239 g/mol. The van der Waals surface area contributed by atoms with Gasteiger partial charge in [-0.2, -0.15) is 0 Å². The van der Waals surface area contributed by atoms with Crippen molar-refractivity contribution in [3.05, 3.63) is 41.0 Å². The third kappa shape index (κ3) is 1.07. The fourth-order valence-electron chi connectivity index (χ4n) is 4.42. The lowest BCUT2D eigenvalue weighted by Crippen LogP contribution is -2.44. The van der Waals surface area contributed by atoms with E-state index in [4.69, 9.17) is 5.73 Å². The number of Topliss-reactive ketones (excluding diaryl/α,β-unsaturated/α-hetero) is 1. The first-order valence-electron chi connectivity index (χ1n) is 6.81. The van der Waals surface area contributed by atoms with Crippen LogP contribution < -0.4 is 5.73 Å². The Morgan fingerprint density at radius 2 is 2.17 bits per heavy atom. The Hall–Kier alpha value is -1.57. The van der Waals surface area contributed by atoms with E-state index in [1.165, 1.54) is 16.7 Å². The van der Waals surface area contributed by atoms with Crippen LogP contribution in [0.25, 0.3) is 0 Å². The molecule has 92 valence electrons. The van der Waals surface area contributed by atoms with Crippen molar-refractivity contribution in [1.29, 1.82) is 0 Å². The Bertz CT molecular complexity index is 587. The van der Waals surface area contributed by atoms with E-state index in [1.807, 2.05) is 12.1 Å². The number of anilines is 1. The molecule has 2 nitrogen and oxygen atoms in total. The Morgan fingerprint density at radius 3 is 2.89 bits per heavy atom. The Labute approximate surface area is 107 Å². The van der Waals surface area contributed by atoms with Gasteiger partial charge in [-0.1, -0.05) is 23.8 Å². The standard InChI is InChI=1S/C16H17NO/c17-13-3-1-2-11-5-7-14(18)16(15(11)13)9-10-4-6-12(16)8-10/h1-4,12H,5-9,17H2. The van der Waals surface area contributed by atoms with Crippen molar-refractivity contribution in [3.8, 4) is 0 Å². The summed E-state index contributed by atoms with van der Waals surface area (Å²) < 4.78 is 0. The molecule has 0 saturated heterocycles. The highest BCUT2D eigenvalue weighted by Crippen LogP contribution is 2.58. The molecule has 4 rings (SSSR count). The lowest BCUT2D eigenvalue weighted by atomic mass is 9.61. The van der Waals surface area contributed by atoms with Gasteiger partial charge in [0.15, 0.2) is 0 Å². The molecule has 2 atom stereocenters. The van der Waals surface area contributed by atoms with Crippen LogP contribution in [0.4, 0.5) is 5.69 Å². The Morgan fingerprint density at radius 1 is 1.28 bits per heavy atom. The minimum atomic E-state index is -0.261. The molecule has 1 fully saturated rings. The lowest BCUT2D eigenvalue weighted by Gasteiger charge is -2.40. The van der Waals surface area contributed by atoms with Crippen molar-refractivity contribution in [3.63, 3.8) is 0 Å². The zero-order chi connectivity index (χ0) is 12.3. The number of fused-ring (bicyclic) bond motifs is 5. The summed E-state index contributed by atoms with van der Waals surface area (Å²) in [6, 6.07) is 6.13. The third-order valence-corrected chi connectivity index (χ3v) is 5.15. The van der Waals surface area contributed by atoms with Gasteiger partial charge < -0.3 is 5.73 Å². The van der Waals surface area contributed by atoms with Gasteiger partial charge in [0.1, 0.15) is 5.78 Å². The largest absolute Gasteiger partial charge is 0.398 e. The van der Waals surface area contributed by atoms with Gasteiger partial charge in [0.05, 0.1) is 5.41 Å². The molecule has 1 aromatic rings. The van der Waals surface area contributed by atoms with Gasteiger partial charge >= 0.3 is 0 Å². The zero-order valence-electron chi connectivity index (χ0n) is 10.4. The van der Waals surface area contributed by atoms with E-state index < -0.39 is 0 Å². The normalized spacial score (nSPS) is 32.8. The summed E-state index contributed by atoms with van der Waals surface area (Å²) in [5.74, 6) is 0.907. The van der Waals surface area contributed by atoms with Crippen molar-refractivity contribution in [1.82, 2.24) is 0 Å². The predicted molar refractivity (Wildman–Crippen MR) is 71.3 cm³/mol. The molecule has 0 radical (unpaired) electrons. The molecule has 3 aliphatic rings. The SMILES string of the molecule is Nc1cccc2c1C1(CC3=CCC1C3)C(=O)CC2. The summed E-state index contributed by atoms with van der Waals surface area (Å²) in [7, 11) is 0. The average molecular weight is 239 g/mol. The van der Waals surface area contributed by atoms with Gasteiger partial charge in [0.2, 0.25) is 0 Å². The maximum absolute atomic E-state index is 12.6. The molecular formula is C16H17NO. The number of allylic oxidation sites excluding steroid dienone is 2. The molecule has 1 aromatic carbocycles. The highest BCUT2D eigenvalue weighted by molar-refractivity contribution is 5.95. The molecule has 2 bridgehead atoms. The van der Waals surface area contributed by atoms with E-state index in [0.29, 0.717) is 18.1 Å². The molecule has 3 aliphatic carbocycles. The number of rotatable bonds is 0. The van der Waals surface area contributed by atoms with Crippen LogP contribution in [0.3, 0.4) is 0 Å². The quantitative estimate of drug-likeness (QED) is 0.559. The molecule has 18 heavy (non-hydrogen) atoms. The molecule has 0 amide bonds. The fraction of sp³-hybridized carbons (Fsp3) is 0.438. The molecule has 0 heterocycles. The second kappa shape index (κ2) is 3.25. The second-order valence-electron chi connectivity index (χ2n) is 5.95. The molecule has 2 heteroatoms. The highest BCUT2D eigenvalue weighted by Gasteiger charge is 2.55. The van der Waals surface area contributed by atoms with Crippen molar-refractivity contribution in [2.24, 2.45) is 5.92 Å². The van der Waals surface area contributed by atoms with Crippen molar-refractivity contribution < 1.29 is 4.79 Å². The van der Waals surface area contributed by atoms with E-state index >= 15 is 0 Å². The second-order valence-corrected chi connectivity index (χ2v) is 5.95. The maximum Gasteiger partial charge on any atom is 0.144 e. The van der Waals surface area contributed by atoms with Crippen LogP contribution >= 0.6 is 0 Å². The van der Waals surface area contributed by atoms with Crippen LogP contribution in [0.15, 0.2) is 29.8 Å². The molecule has 0 aliphatic heterocycles. The molecular weight excluding hydrogens is 222 g/mol. The minimum absolute atomic E-state index is 0.261. The third-order valence-electron chi connectivity index (χ3n) is 5.15. The Kier molecular flexibility index (Phi) is 1.87. The minimum Gasteiger partial charge on any atom is -0.398 e. The molecule has 1 saturated carbocycles. The number of hydrogen-bond donors (Lipinski definition) is 1.